The van der Waals surface area contributed by atoms with Gasteiger partial charge in [-0.1, -0.05) is 20.8 Å². The molecule has 1 atom stereocenters. The molecule has 0 saturated carbocycles. The van der Waals surface area contributed by atoms with Gasteiger partial charge in [-0.3, -0.25) is 0 Å². The number of rotatable bonds is 10. The number of halogens is 1. The molecule has 0 fully saturated rings. The molecule has 0 aliphatic carbocycles. The predicted molar refractivity (Wildman–Crippen MR) is 65.6 cm³/mol. The minimum absolute atomic E-state index is 0.605. The first-order chi connectivity index (χ1) is 7.16. The zero-order valence-electron chi connectivity index (χ0n) is 10.3. The van der Waals surface area contributed by atoms with Gasteiger partial charge in [-0.25, -0.2) is 0 Å². The third-order valence-electron chi connectivity index (χ3n) is 2.18. The van der Waals surface area contributed by atoms with Crippen molar-refractivity contribution in [2.45, 2.75) is 33.6 Å². The van der Waals surface area contributed by atoms with Crippen molar-refractivity contribution in [3.05, 3.63) is 0 Å². The fourth-order valence-electron chi connectivity index (χ4n) is 1.15. The molecular weight excluding hydrogens is 212 g/mol. The molecule has 0 heterocycles. The number of ether oxygens (including phenoxy) is 2. The van der Waals surface area contributed by atoms with Gasteiger partial charge < -0.3 is 9.47 Å². The van der Waals surface area contributed by atoms with Crippen LogP contribution in [0.1, 0.15) is 33.6 Å². The minimum Gasteiger partial charge on any atom is -0.379 e. The van der Waals surface area contributed by atoms with Crippen LogP contribution >= 0.6 is 11.6 Å². The van der Waals surface area contributed by atoms with E-state index >= 15 is 0 Å². The van der Waals surface area contributed by atoms with Crippen molar-refractivity contribution in [2.24, 2.45) is 11.8 Å². The highest BCUT2D eigenvalue weighted by atomic mass is 35.5. The zero-order valence-corrected chi connectivity index (χ0v) is 11.1. The molecule has 2 nitrogen and oxygen atoms in total. The molecule has 15 heavy (non-hydrogen) atoms. The largest absolute Gasteiger partial charge is 0.379 e. The maximum atomic E-state index is 5.65. The van der Waals surface area contributed by atoms with Gasteiger partial charge in [0.25, 0.3) is 0 Å². The smallest absolute Gasteiger partial charge is 0.0700 e. The van der Waals surface area contributed by atoms with E-state index in [1.165, 1.54) is 0 Å². The normalized spacial score (nSPS) is 13.4. The van der Waals surface area contributed by atoms with Gasteiger partial charge >= 0.3 is 0 Å². The van der Waals surface area contributed by atoms with Crippen molar-refractivity contribution >= 4 is 11.6 Å². The lowest BCUT2D eigenvalue weighted by Gasteiger charge is -2.10. The highest BCUT2D eigenvalue weighted by Crippen LogP contribution is 2.07. The Balaban J connectivity index is 3.04. The van der Waals surface area contributed by atoms with Gasteiger partial charge in [0.05, 0.1) is 13.2 Å². The molecule has 0 aliphatic rings. The summed E-state index contributed by atoms with van der Waals surface area (Å²) in [5, 5.41) is 0. The van der Waals surface area contributed by atoms with E-state index in [1.807, 2.05) is 0 Å². The van der Waals surface area contributed by atoms with Crippen LogP contribution in [0, 0.1) is 11.8 Å². The number of hydrogen-bond acceptors (Lipinski definition) is 2. The lowest BCUT2D eigenvalue weighted by molar-refractivity contribution is 0.0341. The Kier molecular flexibility index (Phi) is 10.9. The summed E-state index contributed by atoms with van der Waals surface area (Å²) in [5.41, 5.74) is 0. The summed E-state index contributed by atoms with van der Waals surface area (Å²) in [6.45, 7) is 9.57. The second-order valence-corrected chi connectivity index (χ2v) is 4.83. The molecule has 0 aromatic heterocycles. The van der Waals surface area contributed by atoms with Crippen LogP contribution in [-0.4, -0.2) is 32.3 Å². The van der Waals surface area contributed by atoms with Crippen LogP contribution in [0.4, 0.5) is 0 Å². The average Bonchev–Trinajstić information content (AvgIpc) is 2.16. The minimum atomic E-state index is 0.605. The fourth-order valence-corrected chi connectivity index (χ4v) is 1.53. The first kappa shape index (κ1) is 15.2. The Morgan fingerprint density at radius 3 is 2.20 bits per heavy atom. The van der Waals surface area contributed by atoms with E-state index in [0.29, 0.717) is 25.0 Å². The van der Waals surface area contributed by atoms with E-state index in [2.05, 4.69) is 20.8 Å². The lowest BCUT2D eigenvalue weighted by Crippen LogP contribution is -2.10. The third-order valence-corrected chi connectivity index (χ3v) is 2.40. The van der Waals surface area contributed by atoms with E-state index < -0.39 is 0 Å². The number of alkyl halides is 1. The highest BCUT2D eigenvalue weighted by Gasteiger charge is 2.00. The molecule has 0 aromatic carbocycles. The first-order valence-corrected chi connectivity index (χ1v) is 6.41. The number of hydrogen-bond donors (Lipinski definition) is 0. The van der Waals surface area contributed by atoms with Gasteiger partial charge in [0.15, 0.2) is 0 Å². The summed E-state index contributed by atoms with van der Waals surface area (Å²) >= 11 is 5.65. The highest BCUT2D eigenvalue weighted by molar-refractivity contribution is 6.17. The molecule has 3 heteroatoms. The van der Waals surface area contributed by atoms with E-state index in [9.17, 15) is 0 Å². The maximum Gasteiger partial charge on any atom is 0.0700 e. The van der Waals surface area contributed by atoms with Gasteiger partial charge in [0.1, 0.15) is 0 Å². The molecule has 0 aromatic rings. The van der Waals surface area contributed by atoms with Gasteiger partial charge in [0, 0.05) is 19.1 Å². The van der Waals surface area contributed by atoms with Crippen LogP contribution in [-0.2, 0) is 9.47 Å². The standard InChI is InChI=1S/C12H25ClO2/c1-11(2)10-15-9-8-14-7-5-12(3)4-6-13/h11-12H,4-10H2,1-3H3. The van der Waals surface area contributed by atoms with E-state index in [-0.39, 0.29) is 0 Å². The molecule has 0 bridgehead atoms. The Labute approximate surface area is 99.3 Å². The van der Waals surface area contributed by atoms with Crippen molar-refractivity contribution in [2.75, 3.05) is 32.3 Å². The predicted octanol–water partition coefficient (Wildman–Crippen LogP) is 3.33. The van der Waals surface area contributed by atoms with Crippen LogP contribution < -0.4 is 0 Å². The molecule has 0 rings (SSSR count). The van der Waals surface area contributed by atoms with Gasteiger partial charge in [-0.05, 0) is 24.7 Å². The molecule has 0 N–H and O–H groups in total. The van der Waals surface area contributed by atoms with Crippen LogP contribution in [0.2, 0.25) is 0 Å². The quantitative estimate of drug-likeness (QED) is 0.428. The van der Waals surface area contributed by atoms with E-state index in [0.717, 1.165) is 31.9 Å². The second-order valence-electron chi connectivity index (χ2n) is 4.45. The van der Waals surface area contributed by atoms with Crippen LogP contribution in [0.3, 0.4) is 0 Å². The van der Waals surface area contributed by atoms with Gasteiger partial charge in [-0.2, -0.15) is 0 Å². The Hall–Kier alpha value is 0.210. The summed E-state index contributed by atoms with van der Waals surface area (Å²) in [6, 6.07) is 0. The summed E-state index contributed by atoms with van der Waals surface area (Å²) in [4.78, 5) is 0. The molecular formula is C12H25ClO2. The summed E-state index contributed by atoms with van der Waals surface area (Å²) in [6.07, 6.45) is 2.17. The van der Waals surface area contributed by atoms with Crippen molar-refractivity contribution in [1.82, 2.24) is 0 Å². The van der Waals surface area contributed by atoms with Gasteiger partial charge in [0.2, 0.25) is 0 Å². The van der Waals surface area contributed by atoms with Crippen LogP contribution in [0.5, 0.6) is 0 Å². The van der Waals surface area contributed by atoms with Crippen molar-refractivity contribution < 1.29 is 9.47 Å². The van der Waals surface area contributed by atoms with Crippen LogP contribution in [0.15, 0.2) is 0 Å². The maximum absolute atomic E-state index is 5.65. The molecule has 0 aliphatic heterocycles. The Bertz CT molecular complexity index is 129. The Morgan fingerprint density at radius 2 is 1.60 bits per heavy atom. The lowest BCUT2D eigenvalue weighted by atomic mass is 10.1. The average molecular weight is 237 g/mol. The van der Waals surface area contributed by atoms with Crippen molar-refractivity contribution in [3.63, 3.8) is 0 Å². The van der Waals surface area contributed by atoms with E-state index in [4.69, 9.17) is 21.1 Å². The summed E-state index contributed by atoms with van der Waals surface area (Å²) in [7, 11) is 0. The Morgan fingerprint density at radius 1 is 0.933 bits per heavy atom. The molecule has 0 saturated heterocycles. The fraction of sp³-hybridized carbons (Fsp3) is 1.00. The summed E-state index contributed by atoms with van der Waals surface area (Å²) in [5.74, 6) is 2.02. The van der Waals surface area contributed by atoms with E-state index in [1.54, 1.807) is 0 Å². The monoisotopic (exact) mass is 236 g/mol. The third kappa shape index (κ3) is 12.1. The van der Waals surface area contributed by atoms with Crippen molar-refractivity contribution in [3.8, 4) is 0 Å². The molecule has 0 amide bonds. The molecule has 0 spiro atoms. The molecule has 1 unspecified atom stereocenters. The second kappa shape index (κ2) is 10.7. The van der Waals surface area contributed by atoms with Gasteiger partial charge in [-0.15, -0.1) is 11.6 Å². The SMILES string of the molecule is CC(C)COCCOCCC(C)CCCl. The topological polar surface area (TPSA) is 18.5 Å². The summed E-state index contributed by atoms with van der Waals surface area (Å²) < 4.78 is 10.9. The molecule has 92 valence electrons. The van der Waals surface area contributed by atoms with Crippen molar-refractivity contribution in [1.29, 1.82) is 0 Å². The van der Waals surface area contributed by atoms with Crippen LogP contribution in [0.25, 0.3) is 0 Å². The molecule has 0 radical (unpaired) electrons. The first-order valence-electron chi connectivity index (χ1n) is 5.88. The zero-order chi connectivity index (χ0) is 11.5.